The molecule has 0 radical (unpaired) electrons. The number of fused-ring (bicyclic) bond motifs is 1. The number of hydrogen-bond donors (Lipinski definition) is 1. The van der Waals surface area contributed by atoms with Gasteiger partial charge in [-0.15, -0.1) is 0 Å². The number of aliphatic carboxylic acids is 1. The lowest BCUT2D eigenvalue weighted by Gasteiger charge is -2.09. The number of allylic oxidation sites excluding steroid dienone is 1. The normalized spacial score (nSPS) is 13.9. The lowest BCUT2D eigenvalue weighted by Crippen LogP contribution is -1.99. The minimum absolute atomic E-state index is 0.436. The average Bonchev–Trinajstić information content (AvgIpc) is 2.59. The van der Waals surface area contributed by atoms with Crippen molar-refractivity contribution in [2.45, 2.75) is 26.2 Å². The van der Waals surface area contributed by atoms with Crippen molar-refractivity contribution in [1.29, 1.82) is 0 Å². The molecule has 0 saturated heterocycles. The van der Waals surface area contributed by atoms with E-state index in [1.54, 1.807) is 6.08 Å². The molecule has 1 N–H and O–H groups in total. The van der Waals surface area contributed by atoms with E-state index in [-0.39, 0.29) is 0 Å². The van der Waals surface area contributed by atoms with Crippen LogP contribution in [0, 0.1) is 0 Å². The Morgan fingerprint density at radius 3 is 2.73 bits per heavy atom. The van der Waals surface area contributed by atoms with Crippen molar-refractivity contribution in [2.75, 3.05) is 0 Å². The van der Waals surface area contributed by atoms with Crippen LogP contribution in [0.2, 0.25) is 0 Å². The maximum absolute atomic E-state index is 11.0. The molecule has 0 bridgehead atoms. The van der Waals surface area contributed by atoms with Crippen LogP contribution >= 0.6 is 0 Å². The summed E-state index contributed by atoms with van der Waals surface area (Å²) in [5, 5.41) is 9.02. The summed E-state index contributed by atoms with van der Waals surface area (Å²) < 4.78 is 0. The van der Waals surface area contributed by atoms with Crippen LogP contribution in [0.4, 0.5) is 0 Å². The summed E-state index contributed by atoms with van der Waals surface area (Å²) in [5.74, 6) is -0.388. The summed E-state index contributed by atoms with van der Waals surface area (Å²) in [5.41, 5.74) is 3.67. The van der Waals surface area contributed by atoms with Gasteiger partial charge in [0.05, 0.1) is 5.57 Å². The van der Waals surface area contributed by atoms with Gasteiger partial charge in [0, 0.05) is 0 Å². The number of rotatable bonds is 2. The second-order valence-corrected chi connectivity index (χ2v) is 4.20. The monoisotopic (exact) mass is 202 g/mol. The van der Waals surface area contributed by atoms with Crippen LogP contribution < -0.4 is 0 Å². The maximum atomic E-state index is 11.0. The molecule has 0 aromatic heterocycles. The Hall–Kier alpha value is -1.57. The number of carboxylic acids is 1. The Bertz CT molecular complexity index is 442. The third kappa shape index (κ3) is 1.67. The molecule has 1 aromatic rings. The molecule has 2 heteroatoms. The summed E-state index contributed by atoms with van der Waals surface area (Å²) in [6.45, 7) is 4.22. The fraction of sp³-hybridized carbons (Fsp3) is 0.308. The fourth-order valence-corrected chi connectivity index (χ4v) is 1.91. The van der Waals surface area contributed by atoms with Crippen LogP contribution in [0.25, 0.3) is 5.57 Å². The summed E-state index contributed by atoms with van der Waals surface area (Å²) in [6, 6.07) is 6.13. The Morgan fingerprint density at radius 1 is 1.40 bits per heavy atom. The van der Waals surface area contributed by atoms with Crippen molar-refractivity contribution in [1.82, 2.24) is 0 Å². The molecule has 1 aliphatic carbocycles. The molecule has 0 atom stereocenters. The van der Waals surface area contributed by atoms with Crippen molar-refractivity contribution in [3.63, 3.8) is 0 Å². The van der Waals surface area contributed by atoms with E-state index in [1.165, 1.54) is 5.56 Å². The molecular formula is C13H14O2. The predicted octanol–water partition coefficient (Wildman–Crippen LogP) is 2.83. The predicted molar refractivity (Wildman–Crippen MR) is 59.8 cm³/mol. The fourth-order valence-electron chi connectivity index (χ4n) is 1.91. The third-order valence-corrected chi connectivity index (χ3v) is 2.85. The zero-order valence-corrected chi connectivity index (χ0v) is 8.95. The van der Waals surface area contributed by atoms with Gasteiger partial charge in [0.2, 0.25) is 0 Å². The average molecular weight is 202 g/mol. The van der Waals surface area contributed by atoms with Crippen molar-refractivity contribution in [3.8, 4) is 0 Å². The number of benzene rings is 1. The van der Waals surface area contributed by atoms with Crippen LogP contribution in [-0.2, 0) is 11.2 Å². The standard InChI is InChI=1S/C13H14O2/c1-8(2)10-4-3-9-5-6-11(13(14)15)12(9)7-10/h3-4,6-8H,5H2,1-2H3,(H,14,15). The molecule has 1 aliphatic rings. The van der Waals surface area contributed by atoms with Crippen molar-refractivity contribution in [2.24, 2.45) is 0 Å². The van der Waals surface area contributed by atoms with Crippen LogP contribution in [0.5, 0.6) is 0 Å². The van der Waals surface area contributed by atoms with Gasteiger partial charge in [-0.25, -0.2) is 4.79 Å². The Kier molecular flexibility index (Phi) is 2.35. The molecule has 2 nitrogen and oxygen atoms in total. The first kappa shape index (κ1) is 9.97. The van der Waals surface area contributed by atoms with Gasteiger partial charge in [-0.2, -0.15) is 0 Å². The first-order chi connectivity index (χ1) is 7.09. The van der Waals surface area contributed by atoms with E-state index in [1.807, 2.05) is 12.1 Å². The van der Waals surface area contributed by atoms with Gasteiger partial charge in [-0.05, 0) is 29.0 Å². The quantitative estimate of drug-likeness (QED) is 0.800. The number of carbonyl (C=O) groups is 1. The Labute approximate surface area is 89.2 Å². The van der Waals surface area contributed by atoms with Crippen molar-refractivity contribution >= 4 is 11.5 Å². The van der Waals surface area contributed by atoms with Crippen molar-refractivity contribution in [3.05, 3.63) is 41.0 Å². The van der Waals surface area contributed by atoms with Crippen LogP contribution in [-0.4, -0.2) is 11.1 Å². The SMILES string of the molecule is CC(C)c1ccc2c(c1)C(C(=O)O)=CC2. The summed E-state index contributed by atoms with van der Waals surface area (Å²) in [4.78, 5) is 11.0. The van der Waals surface area contributed by atoms with E-state index in [4.69, 9.17) is 5.11 Å². The van der Waals surface area contributed by atoms with Crippen molar-refractivity contribution < 1.29 is 9.90 Å². The van der Waals surface area contributed by atoms with Gasteiger partial charge in [0.15, 0.2) is 0 Å². The molecular weight excluding hydrogens is 188 g/mol. The molecule has 0 unspecified atom stereocenters. The van der Waals surface area contributed by atoms with Gasteiger partial charge in [0.25, 0.3) is 0 Å². The second-order valence-electron chi connectivity index (χ2n) is 4.20. The van der Waals surface area contributed by atoms with Gasteiger partial charge in [0.1, 0.15) is 0 Å². The second kappa shape index (κ2) is 3.54. The van der Waals surface area contributed by atoms with E-state index < -0.39 is 5.97 Å². The minimum atomic E-state index is -0.824. The van der Waals surface area contributed by atoms with E-state index in [0.717, 1.165) is 17.5 Å². The van der Waals surface area contributed by atoms with Gasteiger partial charge in [-0.3, -0.25) is 0 Å². The van der Waals surface area contributed by atoms with E-state index in [9.17, 15) is 4.79 Å². The zero-order chi connectivity index (χ0) is 11.0. The van der Waals surface area contributed by atoms with Gasteiger partial charge < -0.3 is 5.11 Å². The number of carboxylic acid groups (broad SMARTS) is 1. The zero-order valence-electron chi connectivity index (χ0n) is 8.95. The first-order valence-corrected chi connectivity index (χ1v) is 5.16. The molecule has 0 fully saturated rings. The molecule has 0 saturated carbocycles. The molecule has 0 aliphatic heterocycles. The highest BCUT2D eigenvalue weighted by Crippen LogP contribution is 2.30. The van der Waals surface area contributed by atoms with Crippen LogP contribution in [0.3, 0.4) is 0 Å². The van der Waals surface area contributed by atoms with E-state index in [2.05, 4.69) is 19.9 Å². The molecule has 15 heavy (non-hydrogen) atoms. The van der Waals surface area contributed by atoms with E-state index in [0.29, 0.717) is 11.5 Å². The molecule has 2 rings (SSSR count). The van der Waals surface area contributed by atoms with Gasteiger partial charge in [-0.1, -0.05) is 38.1 Å². The van der Waals surface area contributed by atoms with Gasteiger partial charge >= 0.3 is 5.97 Å². The van der Waals surface area contributed by atoms with Crippen LogP contribution in [0.1, 0.15) is 36.5 Å². The van der Waals surface area contributed by atoms with E-state index >= 15 is 0 Å². The summed E-state index contributed by atoms with van der Waals surface area (Å²) in [6.07, 6.45) is 2.53. The lowest BCUT2D eigenvalue weighted by molar-refractivity contribution is -0.130. The summed E-state index contributed by atoms with van der Waals surface area (Å²) >= 11 is 0. The highest BCUT2D eigenvalue weighted by Gasteiger charge is 2.19. The first-order valence-electron chi connectivity index (χ1n) is 5.16. The highest BCUT2D eigenvalue weighted by atomic mass is 16.4. The Balaban J connectivity index is 2.48. The lowest BCUT2D eigenvalue weighted by atomic mass is 9.96. The topological polar surface area (TPSA) is 37.3 Å². The molecule has 0 heterocycles. The van der Waals surface area contributed by atoms with Crippen LogP contribution in [0.15, 0.2) is 24.3 Å². The molecule has 0 spiro atoms. The third-order valence-electron chi connectivity index (χ3n) is 2.85. The molecule has 0 amide bonds. The Morgan fingerprint density at radius 2 is 2.13 bits per heavy atom. The highest BCUT2D eigenvalue weighted by molar-refractivity contribution is 6.17. The summed E-state index contributed by atoms with van der Waals surface area (Å²) in [7, 11) is 0. The minimum Gasteiger partial charge on any atom is -0.478 e. The largest absolute Gasteiger partial charge is 0.478 e. The molecule has 78 valence electrons. The smallest absolute Gasteiger partial charge is 0.335 e. The molecule has 1 aromatic carbocycles. The maximum Gasteiger partial charge on any atom is 0.335 e. The number of hydrogen-bond acceptors (Lipinski definition) is 1.